The summed E-state index contributed by atoms with van der Waals surface area (Å²) < 4.78 is 0. The zero-order chi connectivity index (χ0) is 15.1. The molecule has 0 fully saturated rings. The Morgan fingerprint density at radius 2 is 1.95 bits per heavy atom. The number of hydrogen-bond acceptors (Lipinski definition) is 5. The Kier molecular flexibility index (Phi) is 3.49. The monoisotopic (exact) mass is 321 g/mol. The van der Waals surface area contributed by atoms with Crippen LogP contribution in [0.3, 0.4) is 0 Å². The maximum Gasteiger partial charge on any atom is 0.199 e. The second-order valence-electron chi connectivity index (χ2n) is 4.74. The summed E-state index contributed by atoms with van der Waals surface area (Å²) in [6, 6.07) is 9.13. The van der Waals surface area contributed by atoms with Crippen LogP contribution in [0.5, 0.6) is 0 Å². The summed E-state index contributed by atoms with van der Waals surface area (Å²) in [7, 11) is 1.79. The van der Waals surface area contributed by atoms with Crippen LogP contribution in [0.1, 0.15) is 11.7 Å². The molecule has 0 amide bonds. The van der Waals surface area contributed by atoms with E-state index in [1.54, 1.807) is 18.0 Å². The molecule has 1 aliphatic rings. The lowest BCUT2D eigenvalue weighted by atomic mass is 10.1. The Balaban J connectivity index is 2.14. The van der Waals surface area contributed by atoms with E-state index in [2.05, 4.69) is 9.98 Å². The van der Waals surface area contributed by atoms with Crippen molar-refractivity contribution in [2.45, 2.75) is 6.17 Å². The van der Waals surface area contributed by atoms with Crippen LogP contribution in [0.2, 0.25) is 10.0 Å². The molecule has 7 heteroatoms. The summed E-state index contributed by atoms with van der Waals surface area (Å²) in [6.45, 7) is 0. The number of benzene rings is 1. The standard InChI is InChI=1S/C14H13Cl2N5/c1-21-12(17)8-5-6-10(19-13(8)20-14(21)18)7-3-2-4-9(15)11(7)16/h2-6,12H,17H2,1H3,(H2,18,19,20). The van der Waals surface area contributed by atoms with Crippen molar-refractivity contribution in [3.05, 3.63) is 45.9 Å². The molecule has 21 heavy (non-hydrogen) atoms. The lowest BCUT2D eigenvalue weighted by molar-refractivity contribution is 0.374. The van der Waals surface area contributed by atoms with Gasteiger partial charge < -0.3 is 16.4 Å². The predicted octanol–water partition coefficient (Wildman–Crippen LogP) is 2.90. The predicted molar refractivity (Wildman–Crippen MR) is 85.7 cm³/mol. The van der Waals surface area contributed by atoms with E-state index in [4.69, 9.17) is 34.7 Å². The van der Waals surface area contributed by atoms with Crippen molar-refractivity contribution in [1.29, 1.82) is 0 Å². The van der Waals surface area contributed by atoms with Crippen molar-refractivity contribution >= 4 is 35.0 Å². The van der Waals surface area contributed by atoms with E-state index < -0.39 is 0 Å². The Morgan fingerprint density at radius 3 is 2.71 bits per heavy atom. The highest BCUT2D eigenvalue weighted by molar-refractivity contribution is 6.43. The minimum absolute atomic E-state index is 0.330. The number of guanidine groups is 1. The van der Waals surface area contributed by atoms with Gasteiger partial charge in [-0.3, -0.25) is 0 Å². The first kappa shape index (κ1) is 14.1. The van der Waals surface area contributed by atoms with Gasteiger partial charge >= 0.3 is 0 Å². The van der Waals surface area contributed by atoms with Gasteiger partial charge in [0.05, 0.1) is 15.7 Å². The van der Waals surface area contributed by atoms with Gasteiger partial charge in [-0.15, -0.1) is 0 Å². The first-order chi connectivity index (χ1) is 9.99. The van der Waals surface area contributed by atoms with E-state index in [1.165, 1.54) is 0 Å². The third kappa shape index (κ3) is 2.33. The summed E-state index contributed by atoms with van der Waals surface area (Å²) in [5, 5.41) is 0.939. The van der Waals surface area contributed by atoms with Gasteiger partial charge in [-0.1, -0.05) is 35.3 Å². The number of aromatic nitrogens is 1. The number of rotatable bonds is 1. The lowest BCUT2D eigenvalue weighted by Crippen LogP contribution is -2.43. The molecule has 4 N–H and O–H groups in total. The average molecular weight is 322 g/mol. The molecule has 1 aliphatic heterocycles. The van der Waals surface area contributed by atoms with E-state index in [1.807, 2.05) is 24.3 Å². The van der Waals surface area contributed by atoms with Gasteiger partial charge in [0.1, 0.15) is 6.17 Å². The molecule has 0 bridgehead atoms. The van der Waals surface area contributed by atoms with Crippen LogP contribution in [0.15, 0.2) is 35.3 Å². The Hall–Kier alpha value is -1.82. The van der Waals surface area contributed by atoms with Gasteiger partial charge in [0, 0.05) is 18.2 Å². The molecule has 2 heterocycles. The maximum absolute atomic E-state index is 6.23. The van der Waals surface area contributed by atoms with Crippen LogP contribution in [-0.2, 0) is 0 Å². The second kappa shape index (κ2) is 5.18. The molecule has 0 saturated carbocycles. The fraction of sp³-hybridized carbons (Fsp3) is 0.143. The Bertz CT molecular complexity index is 744. The topological polar surface area (TPSA) is 80.5 Å². The van der Waals surface area contributed by atoms with Crippen molar-refractivity contribution in [1.82, 2.24) is 9.88 Å². The molecule has 1 aromatic carbocycles. The van der Waals surface area contributed by atoms with Crippen LogP contribution < -0.4 is 11.5 Å². The number of halogens is 2. The van der Waals surface area contributed by atoms with Crippen LogP contribution in [-0.4, -0.2) is 22.9 Å². The molecule has 0 saturated heterocycles. The molecule has 2 aromatic rings. The van der Waals surface area contributed by atoms with Crippen LogP contribution in [0, 0.1) is 0 Å². The highest BCUT2D eigenvalue weighted by atomic mass is 35.5. The molecule has 3 rings (SSSR count). The quantitative estimate of drug-likeness (QED) is 0.846. The highest BCUT2D eigenvalue weighted by Gasteiger charge is 2.24. The molecule has 0 aliphatic carbocycles. The molecule has 5 nitrogen and oxygen atoms in total. The van der Waals surface area contributed by atoms with Crippen molar-refractivity contribution in [2.75, 3.05) is 7.05 Å². The third-order valence-corrected chi connectivity index (χ3v) is 4.27. The van der Waals surface area contributed by atoms with E-state index in [9.17, 15) is 0 Å². The summed E-state index contributed by atoms with van der Waals surface area (Å²) in [6.07, 6.45) is -0.367. The minimum Gasteiger partial charge on any atom is -0.369 e. The largest absolute Gasteiger partial charge is 0.369 e. The van der Waals surface area contributed by atoms with Gasteiger partial charge in [0.15, 0.2) is 11.8 Å². The SMILES string of the molecule is CN1C(N)=Nc2nc(-c3cccc(Cl)c3Cl)ccc2C1N. The van der Waals surface area contributed by atoms with E-state index in [0.29, 0.717) is 27.5 Å². The fourth-order valence-corrected chi connectivity index (χ4v) is 2.57. The maximum atomic E-state index is 6.23. The molecule has 0 spiro atoms. The number of aliphatic imine (C=N–C) groups is 1. The first-order valence-electron chi connectivity index (χ1n) is 6.27. The molecule has 0 radical (unpaired) electrons. The molecule has 1 unspecified atom stereocenters. The van der Waals surface area contributed by atoms with Crippen molar-refractivity contribution in [3.8, 4) is 11.3 Å². The van der Waals surface area contributed by atoms with E-state index in [0.717, 1.165) is 11.1 Å². The molecule has 108 valence electrons. The van der Waals surface area contributed by atoms with Crippen molar-refractivity contribution in [3.63, 3.8) is 0 Å². The normalized spacial score (nSPS) is 17.4. The van der Waals surface area contributed by atoms with Gasteiger partial charge in [-0.05, 0) is 18.2 Å². The minimum atomic E-state index is -0.367. The average Bonchev–Trinajstić information content (AvgIpc) is 2.47. The van der Waals surface area contributed by atoms with Crippen LogP contribution in [0.4, 0.5) is 5.82 Å². The smallest absolute Gasteiger partial charge is 0.199 e. The van der Waals surface area contributed by atoms with E-state index >= 15 is 0 Å². The van der Waals surface area contributed by atoms with Crippen molar-refractivity contribution in [2.24, 2.45) is 16.5 Å². The molecule has 1 atom stereocenters. The summed E-state index contributed by atoms with van der Waals surface area (Å²) in [5.41, 5.74) is 14.2. The van der Waals surface area contributed by atoms with Gasteiger partial charge in [-0.2, -0.15) is 4.99 Å². The third-order valence-electron chi connectivity index (χ3n) is 3.45. The zero-order valence-corrected chi connectivity index (χ0v) is 12.7. The fourth-order valence-electron chi connectivity index (χ4n) is 2.17. The summed E-state index contributed by atoms with van der Waals surface area (Å²) >= 11 is 12.3. The van der Waals surface area contributed by atoms with Crippen LogP contribution in [0.25, 0.3) is 11.3 Å². The Labute approximate surface area is 132 Å². The van der Waals surface area contributed by atoms with Gasteiger partial charge in [-0.25, -0.2) is 4.98 Å². The highest BCUT2D eigenvalue weighted by Crippen LogP contribution is 2.36. The number of pyridine rings is 1. The number of fused-ring (bicyclic) bond motifs is 1. The zero-order valence-electron chi connectivity index (χ0n) is 11.2. The Morgan fingerprint density at radius 1 is 1.19 bits per heavy atom. The number of nitrogens with two attached hydrogens (primary N) is 2. The number of hydrogen-bond donors (Lipinski definition) is 2. The molecule has 1 aromatic heterocycles. The number of nitrogens with zero attached hydrogens (tertiary/aromatic N) is 3. The van der Waals surface area contributed by atoms with Crippen molar-refractivity contribution < 1.29 is 0 Å². The second-order valence-corrected chi connectivity index (χ2v) is 5.52. The van der Waals surface area contributed by atoms with Crippen LogP contribution >= 0.6 is 23.2 Å². The molecular formula is C14H13Cl2N5. The molecular weight excluding hydrogens is 309 g/mol. The summed E-state index contributed by atoms with van der Waals surface area (Å²) in [4.78, 5) is 10.5. The lowest BCUT2D eigenvalue weighted by Gasteiger charge is -2.30. The summed E-state index contributed by atoms with van der Waals surface area (Å²) in [5.74, 6) is 0.837. The van der Waals surface area contributed by atoms with Gasteiger partial charge in [0.2, 0.25) is 0 Å². The van der Waals surface area contributed by atoms with E-state index in [-0.39, 0.29) is 6.17 Å². The van der Waals surface area contributed by atoms with Gasteiger partial charge in [0.25, 0.3) is 0 Å². The first-order valence-corrected chi connectivity index (χ1v) is 7.02.